The van der Waals surface area contributed by atoms with Gasteiger partial charge in [0, 0.05) is 0 Å². The summed E-state index contributed by atoms with van der Waals surface area (Å²) in [5.74, 6) is 0. The van der Waals surface area contributed by atoms with Crippen molar-refractivity contribution in [2.45, 2.75) is 0 Å². The van der Waals surface area contributed by atoms with Gasteiger partial charge in [-0.1, -0.05) is 53.5 Å². The van der Waals surface area contributed by atoms with Crippen LogP contribution in [0, 0.1) is 0 Å². The van der Waals surface area contributed by atoms with Crippen LogP contribution >= 0.6 is 23.2 Å². The Labute approximate surface area is 130 Å². The fourth-order valence-electron chi connectivity index (χ4n) is 1.97. The lowest BCUT2D eigenvalue weighted by atomic mass is 10.2. The van der Waals surface area contributed by atoms with Gasteiger partial charge < -0.3 is 4.98 Å². The molecule has 0 amide bonds. The Bertz CT molecular complexity index is 900. The minimum Gasteiger partial charge on any atom is -0.319 e. The van der Waals surface area contributed by atoms with Crippen molar-refractivity contribution in [1.29, 1.82) is 0 Å². The van der Waals surface area contributed by atoms with Crippen molar-refractivity contribution in [1.82, 2.24) is 9.97 Å². The molecule has 0 unspecified atom stereocenters. The van der Waals surface area contributed by atoms with Gasteiger partial charge in [0.15, 0.2) is 0 Å². The summed E-state index contributed by atoms with van der Waals surface area (Å²) in [6, 6.07) is 12.7. The van der Waals surface area contributed by atoms with Crippen molar-refractivity contribution in [3.8, 4) is 0 Å². The van der Waals surface area contributed by atoms with Crippen LogP contribution in [0.5, 0.6) is 0 Å². The second-order valence-corrected chi connectivity index (χ2v) is 5.23. The molecule has 0 fully saturated rings. The lowest BCUT2D eigenvalue weighted by molar-refractivity contribution is 1.19. The fourth-order valence-corrected chi connectivity index (χ4v) is 2.35. The van der Waals surface area contributed by atoms with E-state index in [4.69, 9.17) is 23.2 Å². The number of rotatable bonds is 2. The van der Waals surface area contributed by atoms with E-state index in [9.17, 15) is 4.79 Å². The summed E-state index contributed by atoms with van der Waals surface area (Å²) in [7, 11) is 0. The van der Waals surface area contributed by atoms with Crippen LogP contribution in [0.15, 0.2) is 47.3 Å². The first-order valence-corrected chi connectivity index (χ1v) is 7.02. The van der Waals surface area contributed by atoms with Crippen LogP contribution in [-0.2, 0) is 0 Å². The quantitative estimate of drug-likeness (QED) is 0.761. The molecule has 0 saturated heterocycles. The molecule has 0 radical (unpaired) electrons. The third kappa shape index (κ3) is 2.84. The predicted molar refractivity (Wildman–Crippen MR) is 87.8 cm³/mol. The Morgan fingerprint density at radius 2 is 1.81 bits per heavy atom. The van der Waals surface area contributed by atoms with Gasteiger partial charge in [-0.05, 0) is 29.8 Å². The first-order valence-electron chi connectivity index (χ1n) is 6.26. The van der Waals surface area contributed by atoms with Gasteiger partial charge >= 0.3 is 0 Å². The van der Waals surface area contributed by atoms with Crippen LogP contribution in [0.1, 0.15) is 11.3 Å². The van der Waals surface area contributed by atoms with E-state index in [1.165, 1.54) is 0 Å². The molecule has 0 atom stereocenters. The molecule has 3 nitrogen and oxygen atoms in total. The molecular formula is C16H10Cl2N2O. The van der Waals surface area contributed by atoms with Crippen LogP contribution in [0.2, 0.25) is 10.0 Å². The zero-order valence-corrected chi connectivity index (χ0v) is 12.3. The first-order chi connectivity index (χ1) is 10.1. The Hall–Kier alpha value is -2.10. The molecule has 21 heavy (non-hydrogen) atoms. The van der Waals surface area contributed by atoms with E-state index in [0.29, 0.717) is 21.3 Å². The Morgan fingerprint density at radius 1 is 1.00 bits per heavy atom. The molecule has 0 spiro atoms. The highest BCUT2D eigenvalue weighted by Gasteiger charge is 2.03. The minimum atomic E-state index is -0.247. The van der Waals surface area contributed by atoms with Gasteiger partial charge in [-0.15, -0.1) is 0 Å². The van der Waals surface area contributed by atoms with E-state index in [2.05, 4.69) is 9.97 Å². The van der Waals surface area contributed by atoms with Crippen molar-refractivity contribution in [2.75, 3.05) is 0 Å². The van der Waals surface area contributed by atoms with E-state index in [1.54, 1.807) is 24.3 Å². The van der Waals surface area contributed by atoms with Crippen LogP contribution in [0.25, 0.3) is 23.2 Å². The molecule has 104 valence electrons. The second-order valence-electron chi connectivity index (χ2n) is 4.44. The first kappa shape index (κ1) is 13.9. The molecule has 3 aromatic rings. The van der Waals surface area contributed by atoms with Gasteiger partial charge in [0.1, 0.15) is 5.69 Å². The van der Waals surface area contributed by atoms with Crippen molar-refractivity contribution in [3.05, 3.63) is 74.1 Å². The zero-order valence-electron chi connectivity index (χ0n) is 10.8. The minimum absolute atomic E-state index is 0.247. The van der Waals surface area contributed by atoms with Crippen molar-refractivity contribution in [3.63, 3.8) is 0 Å². The molecule has 5 heteroatoms. The van der Waals surface area contributed by atoms with Crippen molar-refractivity contribution in [2.24, 2.45) is 0 Å². The topological polar surface area (TPSA) is 45.8 Å². The van der Waals surface area contributed by atoms with Gasteiger partial charge in [0.05, 0.1) is 21.1 Å². The Morgan fingerprint density at radius 3 is 2.67 bits per heavy atom. The summed E-state index contributed by atoms with van der Waals surface area (Å²) in [6.07, 6.45) is 3.35. The Kier molecular flexibility index (Phi) is 3.78. The maximum Gasteiger partial charge on any atom is 0.274 e. The fraction of sp³-hybridized carbons (Fsp3) is 0. The third-order valence-corrected chi connectivity index (χ3v) is 3.86. The average molecular weight is 317 g/mol. The zero-order chi connectivity index (χ0) is 14.8. The number of hydrogen-bond acceptors (Lipinski definition) is 2. The lowest BCUT2D eigenvalue weighted by Crippen LogP contribution is -2.11. The number of nitrogens with zero attached hydrogens (tertiary/aromatic N) is 1. The number of halogens is 2. The van der Waals surface area contributed by atoms with Gasteiger partial charge in [0.2, 0.25) is 0 Å². The molecule has 1 N–H and O–H groups in total. The normalized spacial score (nSPS) is 11.3. The summed E-state index contributed by atoms with van der Waals surface area (Å²) in [5, 5.41) is 0.923. The Balaban J connectivity index is 2.05. The SMILES string of the molecule is O=c1[nH]c2ccccc2nc1/C=C/c1cccc(Cl)c1Cl. The van der Waals surface area contributed by atoms with Gasteiger partial charge in [-0.3, -0.25) is 4.79 Å². The standard InChI is InChI=1S/C16H10Cl2N2O/c17-11-5-3-4-10(15(11)18)8-9-14-16(21)20-13-7-2-1-6-12(13)19-14/h1-9H,(H,20,21)/b9-8+. The number of hydrogen-bond donors (Lipinski definition) is 1. The van der Waals surface area contributed by atoms with E-state index >= 15 is 0 Å². The molecular weight excluding hydrogens is 307 g/mol. The summed E-state index contributed by atoms with van der Waals surface area (Å²) in [6.45, 7) is 0. The predicted octanol–water partition coefficient (Wildman–Crippen LogP) is 4.40. The van der Waals surface area contributed by atoms with E-state index in [-0.39, 0.29) is 5.56 Å². The average Bonchev–Trinajstić information content (AvgIpc) is 2.49. The summed E-state index contributed by atoms with van der Waals surface area (Å²) >= 11 is 12.1. The molecule has 0 bridgehead atoms. The number of nitrogens with one attached hydrogen (secondary N) is 1. The van der Waals surface area contributed by atoms with Gasteiger partial charge in [-0.2, -0.15) is 0 Å². The maximum absolute atomic E-state index is 12.0. The van der Waals surface area contributed by atoms with Gasteiger partial charge in [-0.25, -0.2) is 4.98 Å². The highest BCUT2D eigenvalue weighted by Crippen LogP contribution is 2.26. The molecule has 0 aliphatic rings. The summed E-state index contributed by atoms with van der Waals surface area (Å²) < 4.78 is 0. The van der Waals surface area contributed by atoms with E-state index in [1.807, 2.05) is 30.3 Å². The largest absolute Gasteiger partial charge is 0.319 e. The van der Waals surface area contributed by atoms with Crippen LogP contribution in [-0.4, -0.2) is 9.97 Å². The molecule has 3 rings (SSSR count). The number of H-pyrrole nitrogens is 1. The molecule has 0 aliphatic heterocycles. The molecule has 0 aliphatic carbocycles. The molecule has 2 aromatic carbocycles. The molecule has 1 aromatic heterocycles. The molecule has 0 saturated carbocycles. The summed E-state index contributed by atoms with van der Waals surface area (Å²) in [5.41, 5.74) is 2.25. The van der Waals surface area contributed by atoms with E-state index in [0.717, 1.165) is 11.1 Å². The second kappa shape index (κ2) is 5.72. The van der Waals surface area contributed by atoms with Crippen molar-refractivity contribution >= 4 is 46.4 Å². The monoisotopic (exact) mass is 316 g/mol. The number of fused-ring (bicyclic) bond motifs is 1. The van der Waals surface area contributed by atoms with Crippen molar-refractivity contribution < 1.29 is 0 Å². The van der Waals surface area contributed by atoms with Crippen LogP contribution < -0.4 is 5.56 Å². The highest BCUT2D eigenvalue weighted by atomic mass is 35.5. The number of aromatic amines is 1. The lowest BCUT2D eigenvalue weighted by Gasteiger charge is -2.01. The maximum atomic E-state index is 12.0. The highest BCUT2D eigenvalue weighted by molar-refractivity contribution is 6.42. The van der Waals surface area contributed by atoms with Crippen LogP contribution in [0.3, 0.4) is 0 Å². The van der Waals surface area contributed by atoms with Crippen LogP contribution in [0.4, 0.5) is 0 Å². The third-order valence-electron chi connectivity index (χ3n) is 3.03. The molecule has 1 heterocycles. The summed E-state index contributed by atoms with van der Waals surface area (Å²) in [4.78, 5) is 19.1. The number of aromatic nitrogens is 2. The number of para-hydroxylation sites is 2. The van der Waals surface area contributed by atoms with E-state index < -0.39 is 0 Å². The number of benzene rings is 2. The van der Waals surface area contributed by atoms with Gasteiger partial charge in [0.25, 0.3) is 5.56 Å². The smallest absolute Gasteiger partial charge is 0.274 e.